The van der Waals surface area contributed by atoms with Crippen molar-refractivity contribution < 1.29 is 0 Å². The molecule has 0 spiro atoms. The van der Waals surface area contributed by atoms with Crippen molar-refractivity contribution in [3.63, 3.8) is 0 Å². The second-order valence-electron chi connectivity index (χ2n) is 7.08. The molecule has 0 atom stereocenters. The molecule has 4 rings (SSSR count). The van der Waals surface area contributed by atoms with E-state index >= 15 is 0 Å². The second-order valence-corrected chi connectivity index (χ2v) is 8.13. The zero-order valence-corrected chi connectivity index (χ0v) is 14.6. The SMILES string of the molecule is CC(C)(C)c1c(-c2ccccc2)ccc2c1sc1ccccc12. The Morgan fingerprint density at radius 2 is 1.39 bits per heavy atom. The van der Waals surface area contributed by atoms with Gasteiger partial charge in [0.1, 0.15) is 0 Å². The first-order chi connectivity index (χ1) is 11.1. The Kier molecular flexibility index (Phi) is 3.28. The first-order valence-corrected chi connectivity index (χ1v) is 8.87. The third-order valence-electron chi connectivity index (χ3n) is 4.38. The molecule has 1 aromatic heterocycles. The first kappa shape index (κ1) is 14.5. The summed E-state index contributed by atoms with van der Waals surface area (Å²) in [6.45, 7) is 6.95. The Morgan fingerprint density at radius 1 is 0.696 bits per heavy atom. The lowest BCUT2D eigenvalue weighted by Crippen LogP contribution is -2.13. The fourth-order valence-corrected chi connectivity index (χ4v) is 4.85. The van der Waals surface area contributed by atoms with Crippen LogP contribution in [0.5, 0.6) is 0 Å². The maximum atomic E-state index is 2.32. The lowest BCUT2D eigenvalue weighted by molar-refractivity contribution is 0.598. The van der Waals surface area contributed by atoms with Crippen molar-refractivity contribution in [3.05, 3.63) is 72.3 Å². The molecule has 0 nitrogen and oxygen atoms in total. The predicted octanol–water partition coefficient (Wildman–Crippen LogP) is 7.02. The number of hydrogen-bond acceptors (Lipinski definition) is 1. The zero-order valence-electron chi connectivity index (χ0n) is 13.8. The molecular weight excluding hydrogens is 296 g/mol. The summed E-state index contributed by atoms with van der Waals surface area (Å²) in [6, 6.07) is 24.1. The molecule has 0 aliphatic heterocycles. The van der Waals surface area contributed by atoms with Gasteiger partial charge in [-0.05, 0) is 28.2 Å². The molecule has 0 saturated carbocycles. The minimum Gasteiger partial charge on any atom is -0.135 e. The maximum Gasteiger partial charge on any atom is 0.0398 e. The van der Waals surface area contributed by atoms with Crippen LogP contribution in [0.3, 0.4) is 0 Å². The number of thiophene rings is 1. The van der Waals surface area contributed by atoms with E-state index in [0.29, 0.717) is 0 Å². The number of fused-ring (bicyclic) bond motifs is 3. The van der Waals surface area contributed by atoms with E-state index in [4.69, 9.17) is 0 Å². The summed E-state index contributed by atoms with van der Waals surface area (Å²) in [5, 5.41) is 2.76. The van der Waals surface area contributed by atoms with E-state index in [1.54, 1.807) is 0 Å². The summed E-state index contributed by atoms with van der Waals surface area (Å²) in [5.74, 6) is 0. The van der Waals surface area contributed by atoms with Crippen LogP contribution >= 0.6 is 11.3 Å². The molecular formula is C22H20S. The van der Waals surface area contributed by atoms with Gasteiger partial charge in [0.15, 0.2) is 0 Å². The number of rotatable bonds is 1. The fraction of sp³-hybridized carbons (Fsp3) is 0.182. The normalized spacial score (nSPS) is 12.1. The molecule has 0 aliphatic rings. The van der Waals surface area contributed by atoms with Crippen molar-refractivity contribution in [3.8, 4) is 11.1 Å². The van der Waals surface area contributed by atoms with Crippen LogP contribution in [0.4, 0.5) is 0 Å². The van der Waals surface area contributed by atoms with E-state index in [2.05, 4.69) is 87.5 Å². The molecule has 0 N–H and O–H groups in total. The first-order valence-electron chi connectivity index (χ1n) is 8.06. The molecule has 0 unspecified atom stereocenters. The average molecular weight is 316 g/mol. The monoisotopic (exact) mass is 316 g/mol. The highest BCUT2D eigenvalue weighted by atomic mass is 32.1. The van der Waals surface area contributed by atoms with Gasteiger partial charge in [0.25, 0.3) is 0 Å². The van der Waals surface area contributed by atoms with Crippen LogP contribution in [0, 0.1) is 0 Å². The molecule has 4 aromatic rings. The molecule has 0 saturated heterocycles. The lowest BCUT2D eigenvalue weighted by Gasteiger charge is -2.24. The summed E-state index contributed by atoms with van der Waals surface area (Å²) in [7, 11) is 0. The van der Waals surface area contributed by atoms with Gasteiger partial charge in [-0.15, -0.1) is 11.3 Å². The topological polar surface area (TPSA) is 0 Å². The van der Waals surface area contributed by atoms with Gasteiger partial charge in [-0.1, -0.05) is 81.4 Å². The fourth-order valence-electron chi connectivity index (χ4n) is 3.39. The van der Waals surface area contributed by atoms with Gasteiger partial charge in [-0.2, -0.15) is 0 Å². The predicted molar refractivity (Wildman–Crippen MR) is 103 cm³/mol. The Labute approximate surface area is 141 Å². The quantitative estimate of drug-likeness (QED) is 0.354. The molecule has 3 aromatic carbocycles. The minimum absolute atomic E-state index is 0.103. The number of benzene rings is 3. The van der Waals surface area contributed by atoms with Crippen molar-refractivity contribution in [1.82, 2.24) is 0 Å². The molecule has 0 fully saturated rings. The van der Waals surface area contributed by atoms with Crippen LogP contribution in [0.1, 0.15) is 26.3 Å². The molecule has 1 heteroatoms. The highest BCUT2D eigenvalue weighted by Gasteiger charge is 2.23. The van der Waals surface area contributed by atoms with Crippen LogP contribution < -0.4 is 0 Å². The van der Waals surface area contributed by atoms with E-state index in [-0.39, 0.29) is 5.41 Å². The van der Waals surface area contributed by atoms with Crippen LogP contribution in [0.2, 0.25) is 0 Å². The lowest BCUT2D eigenvalue weighted by atomic mass is 9.81. The minimum atomic E-state index is 0.103. The van der Waals surface area contributed by atoms with Crippen LogP contribution in [0.25, 0.3) is 31.3 Å². The molecule has 114 valence electrons. The largest absolute Gasteiger partial charge is 0.135 e. The molecule has 0 amide bonds. The third-order valence-corrected chi connectivity index (χ3v) is 5.59. The van der Waals surface area contributed by atoms with Crippen molar-refractivity contribution in [1.29, 1.82) is 0 Å². The Balaban J connectivity index is 2.14. The summed E-state index contributed by atoms with van der Waals surface area (Å²) < 4.78 is 2.80. The van der Waals surface area contributed by atoms with Crippen molar-refractivity contribution in [2.45, 2.75) is 26.2 Å². The van der Waals surface area contributed by atoms with Crippen LogP contribution in [-0.2, 0) is 5.41 Å². The Hall–Kier alpha value is -2.12. The highest BCUT2D eigenvalue weighted by Crippen LogP contribution is 2.44. The van der Waals surface area contributed by atoms with Gasteiger partial charge < -0.3 is 0 Å². The van der Waals surface area contributed by atoms with Crippen molar-refractivity contribution in [2.75, 3.05) is 0 Å². The van der Waals surface area contributed by atoms with Crippen molar-refractivity contribution >= 4 is 31.5 Å². The van der Waals surface area contributed by atoms with Gasteiger partial charge in [-0.3, -0.25) is 0 Å². The Morgan fingerprint density at radius 3 is 2.13 bits per heavy atom. The van der Waals surface area contributed by atoms with Gasteiger partial charge in [0.2, 0.25) is 0 Å². The maximum absolute atomic E-state index is 2.32. The second kappa shape index (κ2) is 5.21. The van der Waals surface area contributed by atoms with Crippen molar-refractivity contribution in [2.24, 2.45) is 0 Å². The van der Waals surface area contributed by atoms with E-state index in [0.717, 1.165) is 0 Å². The van der Waals surface area contributed by atoms with E-state index in [9.17, 15) is 0 Å². The molecule has 1 heterocycles. The standard InChI is InChI=1S/C22H20S/c1-22(2,3)20-16(15-9-5-4-6-10-15)13-14-18-17-11-7-8-12-19(17)23-21(18)20/h4-14H,1-3H3. The molecule has 0 bridgehead atoms. The number of hydrogen-bond donors (Lipinski definition) is 0. The summed E-state index contributed by atoms with van der Waals surface area (Å²) in [5.41, 5.74) is 4.22. The molecule has 23 heavy (non-hydrogen) atoms. The van der Waals surface area contributed by atoms with Crippen LogP contribution in [0.15, 0.2) is 66.7 Å². The van der Waals surface area contributed by atoms with E-state index in [1.165, 1.54) is 36.9 Å². The van der Waals surface area contributed by atoms with E-state index in [1.807, 2.05) is 11.3 Å². The van der Waals surface area contributed by atoms with Gasteiger partial charge in [0, 0.05) is 20.2 Å². The van der Waals surface area contributed by atoms with E-state index < -0.39 is 0 Å². The van der Waals surface area contributed by atoms with Gasteiger partial charge in [0.05, 0.1) is 0 Å². The van der Waals surface area contributed by atoms with Gasteiger partial charge >= 0.3 is 0 Å². The third kappa shape index (κ3) is 2.36. The van der Waals surface area contributed by atoms with Crippen LogP contribution in [-0.4, -0.2) is 0 Å². The molecule has 0 radical (unpaired) electrons. The smallest absolute Gasteiger partial charge is 0.0398 e. The summed E-state index contributed by atoms with van der Waals surface area (Å²) >= 11 is 1.92. The zero-order chi connectivity index (χ0) is 16.0. The van der Waals surface area contributed by atoms with Gasteiger partial charge in [-0.25, -0.2) is 0 Å². The highest BCUT2D eigenvalue weighted by molar-refractivity contribution is 7.26. The average Bonchev–Trinajstić information content (AvgIpc) is 2.92. The summed E-state index contributed by atoms with van der Waals surface area (Å²) in [6.07, 6.45) is 0. The summed E-state index contributed by atoms with van der Waals surface area (Å²) in [4.78, 5) is 0. The Bertz CT molecular complexity index is 985. The molecule has 0 aliphatic carbocycles.